The van der Waals surface area contributed by atoms with Crippen molar-refractivity contribution in [3.8, 4) is 0 Å². The molecule has 1 unspecified atom stereocenters. The fourth-order valence-electron chi connectivity index (χ4n) is 1.42. The minimum absolute atomic E-state index is 0.144. The Morgan fingerprint density at radius 3 is 2.59 bits per heavy atom. The van der Waals surface area contributed by atoms with Gasteiger partial charge in [0, 0.05) is 12.1 Å². The van der Waals surface area contributed by atoms with Crippen LogP contribution in [0, 0.1) is 0 Å². The molecular formula is C13H23NO3. The summed E-state index contributed by atoms with van der Waals surface area (Å²) in [5.41, 5.74) is 1.06. The molecule has 0 spiro atoms. The summed E-state index contributed by atoms with van der Waals surface area (Å²) in [6, 6.07) is -0.204. The molecule has 0 fully saturated rings. The number of unbranched alkanes of at least 4 members (excludes halogenated alkanes) is 1. The van der Waals surface area contributed by atoms with Gasteiger partial charge < -0.3 is 10.1 Å². The highest BCUT2D eigenvalue weighted by atomic mass is 16.5. The molecule has 0 saturated heterocycles. The number of rotatable bonds is 7. The number of hydrogen-bond acceptors (Lipinski definition) is 3. The van der Waals surface area contributed by atoms with Crippen molar-refractivity contribution in [3.05, 3.63) is 11.6 Å². The van der Waals surface area contributed by atoms with Gasteiger partial charge in [-0.3, -0.25) is 9.59 Å². The summed E-state index contributed by atoms with van der Waals surface area (Å²) in [5.74, 6) is -0.459. The van der Waals surface area contributed by atoms with E-state index in [4.69, 9.17) is 0 Å². The smallest absolute Gasteiger partial charge is 0.307 e. The summed E-state index contributed by atoms with van der Waals surface area (Å²) in [6.45, 7) is 5.84. The minimum atomic E-state index is -0.315. The van der Waals surface area contributed by atoms with E-state index in [1.54, 1.807) is 13.0 Å². The van der Waals surface area contributed by atoms with Crippen LogP contribution in [-0.4, -0.2) is 25.0 Å². The standard InChI is InChI=1S/C13H23NO3/c1-5-6-7-10(2)8-12(15)14-11(3)9-13(16)17-4/h8,11H,5-7,9H2,1-4H3,(H,14,15)/b10-8+. The number of allylic oxidation sites excluding steroid dienone is 1. The zero-order chi connectivity index (χ0) is 13.3. The van der Waals surface area contributed by atoms with Crippen LogP contribution >= 0.6 is 0 Å². The lowest BCUT2D eigenvalue weighted by atomic mass is 10.1. The van der Waals surface area contributed by atoms with Crippen molar-refractivity contribution in [2.75, 3.05) is 7.11 Å². The third-order valence-electron chi connectivity index (χ3n) is 2.39. The molecule has 4 heteroatoms. The van der Waals surface area contributed by atoms with Crippen molar-refractivity contribution in [3.63, 3.8) is 0 Å². The number of hydrogen-bond donors (Lipinski definition) is 1. The lowest BCUT2D eigenvalue weighted by molar-refractivity contribution is -0.141. The van der Waals surface area contributed by atoms with Crippen LogP contribution in [0.25, 0.3) is 0 Å². The fourth-order valence-corrected chi connectivity index (χ4v) is 1.42. The van der Waals surface area contributed by atoms with E-state index in [1.807, 2.05) is 6.92 Å². The first-order valence-electron chi connectivity index (χ1n) is 6.04. The molecule has 0 aromatic rings. The first-order chi connectivity index (χ1) is 7.99. The number of carbonyl (C=O) groups is 2. The van der Waals surface area contributed by atoms with Gasteiger partial charge in [-0.15, -0.1) is 0 Å². The Hall–Kier alpha value is -1.32. The van der Waals surface area contributed by atoms with Crippen molar-refractivity contribution in [2.24, 2.45) is 0 Å². The Bertz CT molecular complexity index is 284. The van der Waals surface area contributed by atoms with Gasteiger partial charge in [0.25, 0.3) is 0 Å². The summed E-state index contributed by atoms with van der Waals surface area (Å²) in [7, 11) is 1.34. The molecule has 1 atom stereocenters. The Kier molecular flexibility index (Phi) is 8.11. The summed E-state index contributed by atoms with van der Waals surface area (Å²) < 4.78 is 4.53. The van der Waals surface area contributed by atoms with E-state index in [9.17, 15) is 9.59 Å². The maximum atomic E-state index is 11.6. The van der Waals surface area contributed by atoms with Gasteiger partial charge >= 0.3 is 5.97 Å². The number of methoxy groups -OCH3 is 1. The van der Waals surface area contributed by atoms with Crippen LogP contribution in [0.15, 0.2) is 11.6 Å². The highest BCUT2D eigenvalue weighted by molar-refractivity contribution is 5.88. The molecule has 98 valence electrons. The van der Waals surface area contributed by atoms with E-state index in [1.165, 1.54) is 7.11 Å². The Morgan fingerprint density at radius 2 is 2.06 bits per heavy atom. The Balaban J connectivity index is 4.03. The Labute approximate surface area is 103 Å². The summed E-state index contributed by atoms with van der Waals surface area (Å²) in [6.07, 6.45) is 4.95. The van der Waals surface area contributed by atoms with Crippen molar-refractivity contribution in [2.45, 2.75) is 52.5 Å². The van der Waals surface area contributed by atoms with Gasteiger partial charge in [0.05, 0.1) is 13.5 Å². The van der Waals surface area contributed by atoms with Crippen LogP contribution < -0.4 is 5.32 Å². The van der Waals surface area contributed by atoms with Crippen molar-refractivity contribution in [1.29, 1.82) is 0 Å². The maximum Gasteiger partial charge on any atom is 0.307 e. The molecule has 0 aromatic carbocycles. The van der Waals surface area contributed by atoms with Crippen LogP contribution in [0.2, 0.25) is 0 Å². The van der Waals surface area contributed by atoms with Gasteiger partial charge in [0.2, 0.25) is 5.91 Å². The monoisotopic (exact) mass is 241 g/mol. The first-order valence-corrected chi connectivity index (χ1v) is 6.04. The highest BCUT2D eigenvalue weighted by Gasteiger charge is 2.10. The van der Waals surface area contributed by atoms with E-state index in [-0.39, 0.29) is 24.3 Å². The second-order valence-corrected chi connectivity index (χ2v) is 4.28. The van der Waals surface area contributed by atoms with Gasteiger partial charge in [-0.1, -0.05) is 18.9 Å². The SMILES string of the molecule is CCCC/C(C)=C/C(=O)NC(C)CC(=O)OC. The fraction of sp³-hybridized carbons (Fsp3) is 0.692. The number of esters is 1. The quantitative estimate of drug-likeness (QED) is 0.549. The third kappa shape index (κ3) is 8.48. The Morgan fingerprint density at radius 1 is 1.41 bits per heavy atom. The molecule has 0 aliphatic heterocycles. The van der Waals surface area contributed by atoms with E-state index in [0.717, 1.165) is 24.8 Å². The second-order valence-electron chi connectivity index (χ2n) is 4.28. The molecular weight excluding hydrogens is 218 g/mol. The van der Waals surface area contributed by atoms with Gasteiger partial charge in [-0.25, -0.2) is 0 Å². The number of carbonyl (C=O) groups excluding carboxylic acids is 2. The number of nitrogens with one attached hydrogen (secondary N) is 1. The lowest BCUT2D eigenvalue weighted by Gasteiger charge is -2.11. The molecule has 0 saturated carbocycles. The molecule has 4 nitrogen and oxygen atoms in total. The molecule has 1 N–H and O–H groups in total. The molecule has 0 rings (SSSR count). The first kappa shape index (κ1) is 15.7. The van der Waals surface area contributed by atoms with Gasteiger partial charge in [-0.2, -0.15) is 0 Å². The average Bonchev–Trinajstić information content (AvgIpc) is 2.25. The minimum Gasteiger partial charge on any atom is -0.469 e. The highest BCUT2D eigenvalue weighted by Crippen LogP contribution is 2.05. The van der Waals surface area contributed by atoms with E-state index in [2.05, 4.69) is 17.0 Å². The number of ether oxygens (including phenoxy) is 1. The molecule has 0 bridgehead atoms. The third-order valence-corrected chi connectivity index (χ3v) is 2.39. The van der Waals surface area contributed by atoms with E-state index >= 15 is 0 Å². The van der Waals surface area contributed by atoms with Crippen LogP contribution in [0.5, 0.6) is 0 Å². The van der Waals surface area contributed by atoms with Gasteiger partial charge in [-0.05, 0) is 26.7 Å². The summed E-state index contributed by atoms with van der Waals surface area (Å²) in [5, 5.41) is 2.74. The van der Waals surface area contributed by atoms with E-state index < -0.39 is 0 Å². The molecule has 1 amide bonds. The van der Waals surface area contributed by atoms with E-state index in [0.29, 0.717) is 0 Å². The van der Waals surface area contributed by atoms with Crippen molar-refractivity contribution >= 4 is 11.9 Å². The second kappa shape index (κ2) is 8.79. The predicted molar refractivity (Wildman–Crippen MR) is 67.5 cm³/mol. The van der Waals surface area contributed by atoms with Crippen molar-refractivity contribution < 1.29 is 14.3 Å². The van der Waals surface area contributed by atoms with Crippen LogP contribution in [-0.2, 0) is 14.3 Å². The largest absolute Gasteiger partial charge is 0.469 e. The lowest BCUT2D eigenvalue weighted by Crippen LogP contribution is -2.33. The van der Waals surface area contributed by atoms with Crippen molar-refractivity contribution in [1.82, 2.24) is 5.32 Å². The van der Waals surface area contributed by atoms with Gasteiger partial charge in [0.1, 0.15) is 0 Å². The molecule has 17 heavy (non-hydrogen) atoms. The maximum absolute atomic E-state index is 11.6. The molecule has 0 aliphatic rings. The van der Waals surface area contributed by atoms with Gasteiger partial charge in [0.15, 0.2) is 0 Å². The summed E-state index contributed by atoms with van der Waals surface area (Å²) in [4.78, 5) is 22.5. The van der Waals surface area contributed by atoms with Crippen LogP contribution in [0.1, 0.15) is 46.5 Å². The predicted octanol–water partition coefficient (Wildman–Crippen LogP) is 2.19. The van der Waals surface area contributed by atoms with Crippen LogP contribution in [0.3, 0.4) is 0 Å². The topological polar surface area (TPSA) is 55.4 Å². The zero-order valence-corrected chi connectivity index (χ0v) is 11.2. The molecule has 0 aliphatic carbocycles. The zero-order valence-electron chi connectivity index (χ0n) is 11.2. The normalized spacial score (nSPS) is 13.1. The summed E-state index contributed by atoms with van der Waals surface area (Å²) >= 11 is 0. The van der Waals surface area contributed by atoms with Crippen LogP contribution in [0.4, 0.5) is 0 Å². The average molecular weight is 241 g/mol. The molecule has 0 aromatic heterocycles. The molecule has 0 heterocycles. The molecule has 0 radical (unpaired) electrons. The number of amides is 1.